The van der Waals surface area contributed by atoms with Crippen LogP contribution < -0.4 is 5.32 Å². The number of nitrogens with one attached hydrogen (secondary N) is 1. The largest absolute Gasteiger partial charge is 0.481 e. The molecule has 0 aliphatic carbocycles. The molecule has 0 aromatic heterocycles. The first-order valence-electron chi connectivity index (χ1n) is 7.74. The van der Waals surface area contributed by atoms with Crippen LogP contribution in [0, 0.1) is 5.92 Å². The van der Waals surface area contributed by atoms with E-state index >= 15 is 0 Å². The van der Waals surface area contributed by atoms with Crippen molar-refractivity contribution in [2.45, 2.75) is 19.4 Å². The van der Waals surface area contributed by atoms with E-state index in [0.29, 0.717) is 49.2 Å². The summed E-state index contributed by atoms with van der Waals surface area (Å²) >= 11 is 11.9. The van der Waals surface area contributed by atoms with Gasteiger partial charge in [-0.2, -0.15) is 0 Å². The van der Waals surface area contributed by atoms with E-state index in [1.165, 1.54) is 0 Å². The summed E-state index contributed by atoms with van der Waals surface area (Å²) in [4.78, 5) is 24.6. The molecule has 24 heavy (non-hydrogen) atoms. The van der Waals surface area contributed by atoms with Gasteiger partial charge in [0.1, 0.15) is 0 Å². The van der Waals surface area contributed by atoms with E-state index < -0.39 is 11.9 Å². The minimum Gasteiger partial charge on any atom is -0.481 e. The number of hydrogen-bond donors (Lipinski definition) is 2. The predicted octanol–water partition coefficient (Wildman–Crippen LogP) is 3.02. The van der Waals surface area contributed by atoms with Crippen molar-refractivity contribution in [1.82, 2.24) is 10.2 Å². The molecule has 2 amide bonds. The SMILES string of the molecule is O=C(O)C1CCCN(C(=O)NCCOCc2ccc(Cl)cc2Cl)C1. The van der Waals surface area contributed by atoms with Crippen molar-refractivity contribution < 1.29 is 19.4 Å². The highest BCUT2D eigenvalue weighted by atomic mass is 35.5. The number of carbonyl (C=O) groups excluding carboxylic acids is 1. The van der Waals surface area contributed by atoms with Crippen molar-refractivity contribution in [3.63, 3.8) is 0 Å². The van der Waals surface area contributed by atoms with Gasteiger partial charge in [-0.1, -0.05) is 29.3 Å². The molecule has 1 aliphatic heterocycles. The van der Waals surface area contributed by atoms with Gasteiger partial charge in [-0.15, -0.1) is 0 Å². The van der Waals surface area contributed by atoms with Crippen molar-refractivity contribution in [3.05, 3.63) is 33.8 Å². The van der Waals surface area contributed by atoms with Gasteiger partial charge in [-0.3, -0.25) is 4.79 Å². The fourth-order valence-corrected chi connectivity index (χ4v) is 2.99. The maximum Gasteiger partial charge on any atom is 0.317 e. The smallest absolute Gasteiger partial charge is 0.317 e. The van der Waals surface area contributed by atoms with E-state index in [2.05, 4.69) is 5.32 Å². The molecule has 0 saturated carbocycles. The maximum absolute atomic E-state index is 12.0. The Morgan fingerprint density at radius 1 is 1.38 bits per heavy atom. The third-order valence-electron chi connectivity index (χ3n) is 3.85. The van der Waals surface area contributed by atoms with Crippen LogP contribution in [-0.2, 0) is 16.1 Å². The van der Waals surface area contributed by atoms with Gasteiger partial charge in [-0.25, -0.2) is 4.79 Å². The highest BCUT2D eigenvalue weighted by Crippen LogP contribution is 2.21. The molecule has 1 aromatic carbocycles. The molecule has 0 radical (unpaired) electrons. The van der Waals surface area contributed by atoms with Crippen LogP contribution in [0.15, 0.2) is 18.2 Å². The number of carboxylic acid groups (broad SMARTS) is 1. The Balaban J connectivity index is 1.66. The molecule has 6 nitrogen and oxygen atoms in total. The minimum atomic E-state index is -0.851. The molecule has 1 heterocycles. The van der Waals surface area contributed by atoms with E-state index in [9.17, 15) is 9.59 Å². The topological polar surface area (TPSA) is 78.9 Å². The number of amides is 2. The Hall–Kier alpha value is -1.50. The Labute approximate surface area is 150 Å². The third kappa shape index (κ3) is 5.54. The highest BCUT2D eigenvalue weighted by molar-refractivity contribution is 6.35. The number of halogens is 2. The van der Waals surface area contributed by atoms with Crippen LogP contribution in [0.2, 0.25) is 10.0 Å². The van der Waals surface area contributed by atoms with Gasteiger partial charge >= 0.3 is 12.0 Å². The molecule has 2 N–H and O–H groups in total. The highest BCUT2D eigenvalue weighted by Gasteiger charge is 2.27. The van der Waals surface area contributed by atoms with E-state index in [1.807, 2.05) is 0 Å². The van der Waals surface area contributed by atoms with Crippen LogP contribution in [0.25, 0.3) is 0 Å². The van der Waals surface area contributed by atoms with Crippen LogP contribution in [-0.4, -0.2) is 48.2 Å². The molecule has 1 aromatic rings. The van der Waals surface area contributed by atoms with Crippen LogP contribution in [0.1, 0.15) is 18.4 Å². The fourth-order valence-electron chi connectivity index (χ4n) is 2.53. The number of urea groups is 1. The normalized spacial score (nSPS) is 17.6. The number of nitrogens with zero attached hydrogens (tertiary/aromatic N) is 1. The zero-order chi connectivity index (χ0) is 17.5. The van der Waals surface area contributed by atoms with E-state index in [0.717, 1.165) is 5.56 Å². The summed E-state index contributed by atoms with van der Waals surface area (Å²) in [5.41, 5.74) is 0.827. The number of likely N-dealkylation sites (tertiary alicyclic amines) is 1. The zero-order valence-corrected chi connectivity index (χ0v) is 14.6. The molecule has 1 unspecified atom stereocenters. The standard InChI is InChI=1S/C16H20Cl2N2O4/c17-13-4-3-12(14(18)8-13)10-24-7-5-19-16(23)20-6-1-2-11(9-20)15(21)22/h3-4,8,11H,1-2,5-7,9-10H2,(H,19,23)(H,21,22). The van der Waals surface area contributed by atoms with E-state index in [-0.39, 0.29) is 12.6 Å². The summed E-state index contributed by atoms with van der Waals surface area (Å²) in [6.45, 7) is 1.84. The number of piperidine rings is 1. The molecule has 132 valence electrons. The van der Waals surface area contributed by atoms with Crippen LogP contribution in [0.4, 0.5) is 4.79 Å². The summed E-state index contributed by atoms with van der Waals surface area (Å²) in [5.74, 6) is -1.33. The van der Waals surface area contributed by atoms with Gasteiger partial charge in [0.15, 0.2) is 0 Å². The van der Waals surface area contributed by atoms with Gasteiger partial charge in [0, 0.05) is 29.7 Å². The second-order valence-corrected chi connectivity index (χ2v) is 6.49. The lowest BCUT2D eigenvalue weighted by molar-refractivity contribution is -0.143. The van der Waals surface area contributed by atoms with Gasteiger partial charge in [0.05, 0.1) is 19.1 Å². The molecular formula is C16H20Cl2N2O4. The number of benzene rings is 1. The van der Waals surface area contributed by atoms with E-state index in [4.69, 9.17) is 33.0 Å². The molecular weight excluding hydrogens is 355 g/mol. The van der Waals surface area contributed by atoms with Crippen molar-refractivity contribution >= 4 is 35.2 Å². The average molecular weight is 375 g/mol. The van der Waals surface area contributed by atoms with Gasteiger partial charge < -0.3 is 20.1 Å². The fraction of sp³-hybridized carbons (Fsp3) is 0.500. The Kier molecular flexibility index (Phi) is 7.15. The number of ether oxygens (including phenoxy) is 1. The van der Waals surface area contributed by atoms with Crippen molar-refractivity contribution in [2.24, 2.45) is 5.92 Å². The van der Waals surface area contributed by atoms with Crippen LogP contribution >= 0.6 is 23.2 Å². The first kappa shape index (κ1) is 18.8. The third-order valence-corrected chi connectivity index (χ3v) is 4.44. The summed E-state index contributed by atoms with van der Waals surface area (Å²) < 4.78 is 5.48. The first-order chi connectivity index (χ1) is 11.5. The summed E-state index contributed by atoms with van der Waals surface area (Å²) in [6, 6.07) is 4.93. The van der Waals surface area contributed by atoms with Gasteiger partial charge in [-0.05, 0) is 30.5 Å². The minimum absolute atomic E-state index is 0.252. The summed E-state index contributed by atoms with van der Waals surface area (Å²) in [6.07, 6.45) is 1.32. The zero-order valence-electron chi connectivity index (χ0n) is 13.1. The van der Waals surface area contributed by atoms with Crippen LogP contribution in [0.3, 0.4) is 0 Å². The predicted molar refractivity (Wildman–Crippen MR) is 91.4 cm³/mol. The summed E-state index contributed by atoms with van der Waals surface area (Å²) in [5, 5.41) is 12.9. The number of rotatable bonds is 6. The summed E-state index contributed by atoms with van der Waals surface area (Å²) in [7, 11) is 0. The van der Waals surface area contributed by atoms with Crippen molar-refractivity contribution in [3.8, 4) is 0 Å². The monoisotopic (exact) mass is 374 g/mol. The lowest BCUT2D eigenvalue weighted by Crippen LogP contribution is -2.47. The number of carbonyl (C=O) groups is 2. The quantitative estimate of drug-likeness (QED) is 0.750. The Bertz CT molecular complexity index is 597. The van der Waals surface area contributed by atoms with Crippen molar-refractivity contribution in [1.29, 1.82) is 0 Å². The molecule has 1 fully saturated rings. The Morgan fingerprint density at radius 2 is 2.17 bits per heavy atom. The molecule has 2 rings (SSSR count). The second kappa shape index (κ2) is 9.11. The van der Waals surface area contributed by atoms with Gasteiger partial charge in [0.25, 0.3) is 0 Å². The average Bonchev–Trinajstić information content (AvgIpc) is 2.56. The van der Waals surface area contributed by atoms with Gasteiger partial charge in [0.2, 0.25) is 0 Å². The molecule has 1 atom stereocenters. The molecule has 8 heteroatoms. The molecule has 1 saturated heterocycles. The molecule has 1 aliphatic rings. The molecule has 0 spiro atoms. The first-order valence-corrected chi connectivity index (χ1v) is 8.50. The maximum atomic E-state index is 12.0. The molecule has 0 bridgehead atoms. The lowest BCUT2D eigenvalue weighted by Gasteiger charge is -2.30. The number of carboxylic acids is 1. The van der Waals surface area contributed by atoms with E-state index in [1.54, 1.807) is 23.1 Å². The Morgan fingerprint density at radius 3 is 2.88 bits per heavy atom. The number of aliphatic carboxylic acids is 1. The van der Waals surface area contributed by atoms with Crippen molar-refractivity contribution in [2.75, 3.05) is 26.2 Å². The second-order valence-electron chi connectivity index (χ2n) is 5.64. The number of hydrogen-bond acceptors (Lipinski definition) is 3. The van der Waals surface area contributed by atoms with Crippen LogP contribution in [0.5, 0.6) is 0 Å². The lowest BCUT2D eigenvalue weighted by atomic mass is 9.99.